The largest absolute Gasteiger partial charge is 0.457 e. The average molecular weight is 587 g/mol. The third-order valence-electron chi connectivity index (χ3n) is 11.3. The van der Waals surface area contributed by atoms with Crippen LogP contribution in [0, 0.1) is 28.6 Å². The van der Waals surface area contributed by atoms with Gasteiger partial charge in [0.15, 0.2) is 23.5 Å². The summed E-state index contributed by atoms with van der Waals surface area (Å²) in [7, 11) is 0. The van der Waals surface area contributed by atoms with Gasteiger partial charge < -0.3 is 29.5 Å². The minimum atomic E-state index is -1.41. The predicted molar refractivity (Wildman–Crippen MR) is 156 cm³/mol. The molecule has 1 aliphatic heterocycles. The van der Waals surface area contributed by atoms with Crippen LogP contribution in [0.2, 0.25) is 0 Å². The molecule has 3 N–H and O–H groups in total. The third-order valence-corrected chi connectivity index (χ3v) is 11.3. The lowest BCUT2D eigenvalue weighted by atomic mass is 9.46. The number of rotatable bonds is 6. The molecule has 1 saturated heterocycles. The van der Waals surface area contributed by atoms with Gasteiger partial charge in [0.1, 0.15) is 18.1 Å². The summed E-state index contributed by atoms with van der Waals surface area (Å²) in [6.07, 6.45) is 5.64. The van der Waals surface area contributed by atoms with E-state index < -0.39 is 47.3 Å². The molecule has 7 rings (SSSR count). The summed E-state index contributed by atoms with van der Waals surface area (Å²) in [5, 5.41) is 31.4. The molecule has 0 aromatic heterocycles. The van der Waals surface area contributed by atoms with E-state index in [4.69, 9.17) is 14.2 Å². The number of ether oxygens (including phenoxy) is 3. The fourth-order valence-electron chi connectivity index (χ4n) is 9.36. The van der Waals surface area contributed by atoms with Crippen molar-refractivity contribution in [3.05, 3.63) is 83.5 Å². The molecule has 0 bridgehead atoms. The Hall–Kier alpha value is -3.14. The number of aliphatic hydroxyl groups is 3. The van der Waals surface area contributed by atoms with Crippen molar-refractivity contribution >= 4 is 11.6 Å². The molecule has 4 fully saturated rings. The second-order valence-corrected chi connectivity index (χ2v) is 13.3. The molecule has 226 valence electrons. The highest BCUT2D eigenvalue weighted by Gasteiger charge is 2.75. The van der Waals surface area contributed by atoms with Crippen LogP contribution in [0.3, 0.4) is 0 Å². The Labute approximate surface area is 251 Å². The number of fused-ring (bicyclic) bond motifs is 7. The maximum Gasteiger partial charge on any atom is 0.193 e. The van der Waals surface area contributed by atoms with Gasteiger partial charge in [-0.3, -0.25) is 9.59 Å². The van der Waals surface area contributed by atoms with E-state index in [1.807, 2.05) is 37.3 Å². The fraction of sp³-hybridized carbons (Fsp3) is 0.486. The fourth-order valence-corrected chi connectivity index (χ4v) is 9.36. The van der Waals surface area contributed by atoms with E-state index in [1.54, 1.807) is 36.4 Å². The van der Waals surface area contributed by atoms with Crippen molar-refractivity contribution in [2.45, 2.75) is 70.2 Å². The zero-order chi connectivity index (χ0) is 30.1. The van der Waals surface area contributed by atoms with E-state index in [9.17, 15) is 24.9 Å². The van der Waals surface area contributed by atoms with Crippen molar-refractivity contribution in [1.82, 2.24) is 0 Å². The number of hydrogen-bond acceptors (Lipinski definition) is 8. The Balaban J connectivity index is 1.19. The molecule has 3 saturated carbocycles. The Morgan fingerprint density at radius 2 is 1.88 bits per heavy atom. The first-order valence-electron chi connectivity index (χ1n) is 15.2. The van der Waals surface area contributed by atoms with E-state index in [-0.39, 0.29) is 30.1 Å². The highest BCUT2D eigenvalue weighted by molar-refractivity contribution is 6.01. The van der Waals surface area contributed by atoms with Crippen LogP contribution < -0.4 is 4.74 Å². The van der Waals surface area contributed by atoms with Crippen LogP contribution in [0.4, 0.5) is 0 Å². The maximum absolute atomic E-state index is 13.8. The number of Topliss-reactive ketones (excluding diaryl/α,β-unsaturated/α-hetero) is 1. The molecule has 2 aromatic rings. The van der Waals surface area contributed by atoms with Crippen LogP contribution >= 0.6 is 0 Å². The molecule has 2 aromatic carbocycles. The summed E-state index contributed by atoms with van der Waals surface area (Å²) in [6, 6.07) is 14.5. The number of aliphatic hydroxyl groups excluding tert-OH is 3. The van der Waals surface area contributed by atoms with E-state index in [2.05, 4.69) is 6.92 Å². The molecule has 8 heteroatoms. The van der Waals surface area contributed by atoms with Crippen molar-refractivity contribution in [2.24, 2.45) is 28.6 Å². The first kappa shape index (κ1) is 28.6. The van der Waals surface area contributed by atoms with Crippen molar-refractivity contribution in [3.63, 3.8) is 0 Å². The third kappa shape index (κ3) is 4.15. The summed E-state index contributed by atoms with van der Waals surface area (Å²) < 4.78 is 19.3. The molecule has 0 spiro atoms. The lowest BCUT2D eigenvalue weighted by Gasteiger charge is -2.59. The maximum atomic E-state index is 13.8. The normalized spacial score (nSPS) is 39.4. The molecule has 0 radical (unpaired) electrons. The molecular formula is C35H38O8. The molecule has 5 aliphatic rings. The molecule has 4 aliphatic carbocycles. The van der Waals surface area contributed by atoms with Gasteiger partial charge in [-0.1, -0.05) is 49.8 Å². The van der Waals surface area contributed by atoms with Crippen LogP contribution in [0.25, 0.3) is 0 Å². The Morgan fingerprint density at radius 3 is 2.63 bits per heavy atom. The van der Waals surface area contributed by atoms with Gasteiger partial charge in [-0.2, -0.15) is 0 Å². The van der Waals surface area contributed by atoms with E-state index in [0.29, 0.717) is 29.9 Å². The second-order valence-electron chi connectivity index (χ2n) is 13.3. The van der Waals surface area contributed by atoms with Gasteiger partial charge in [0.2, 0.25) is 0 Å². The minimum Gasteiger partial charge on any atom is -0.457 e. The topological polar surface area (TPSA) is 123 Å². The van der Waals surface area contributed by atoms with Crippen molar-refractivity contribution in [3.8, 4) is 11.5 Å². The van der Waals surface area contributed by atoms with Crippen LogP contribution in [-0.2, 0) is 25.7 Å². The summed E-state index contributed by atoms with van der Waals surface area (Å²) >= 11 is 0. The van der Waals surface area contributed by atoms with Gasteiger partial charge in [0.05, 0.1) is 18.8 Å². The summed E-state index contributed by atoms with van der Waals surface area (Å²) in [5.41, 5.74) is -0.0457. The quantitative estimate of drug-likeness (QED) is 0.450. The molecule has 0 amide bonds. The SMILES string of the molecule is C[C@]12C=CC(=O)C=C1CC[C@@H]1[C@@H]2[C@@H](O)C[C@@]2(C)[C@H]1C[C@H]1O[C@@H](c3cccc(Oc4ccc(CO)cc4)c3)O[C@]12C(=O)CO. The molecule has 1 heterocycles. The first-order valence-corrected chi connectivity index (χ1v) is 15.2. The predicted octanol–water partition coefficient (Wildman–Crippen LogP) is 4.57. The van der Waals surface area contributed by atoms with Gasteiger partial charge in [-0.05, 0) is 79.5 Å². The van der Waals surface area contributed by atoms with E-state index in [1.165, 1.54) is 0 Å². The van der Waals surface area contributed by atoms with Crippen molar-refractivity contribution in [1.29, 1.82) is 0 Å². The van der Waals surface area contributed by atoms with Gasteiger partial charge >= 0.3 is 0 Å². The zero-order valence-electron chi connectivity index (χ0n) is 24.4. The van der Waals surface area contributed by atoms with Gasteiger partial charge in [-0.15, -0.1) is 0 Å². The first-order chi connectivity index (χ1) is 20.6. The standard InChI is InChI=1S/C35H38O8/c1-33-13-12-23(38)15-22(33)8-11-26-27-16-30-35(29(40)19-37,34(27,2)17-28(39)31(26)33)43-32(42-30)21-4-3-5-25(14-21)41-24-9-6-20(18-36)7-10-24/h3-7,9-10,12-15,26-28,30-32,36-37,39H,8,11,16-19H2,1-2H3/t26-,27-,28-,30+,31+,32+,33-,34-,35+/m0/s1. The molecule has 8 nitrogen and oxygen atoms in total. The summed E-state index contributed by atoms with van der Waals surface area (Å²) in [6.45, 7) is 3.42. The lowest BCUT2D eigenvalue weighted by molar-refractivity contribution is -0.201. The molecule has 43 heavy (non-hydrogen) atoms. The number of ketones is 2. The highest BCUT2D eigenvalue weighted by atomic mass is 16.7. The van der Waals surface area contributed by atoms with Crippen LogP contribution in [-0.4, -0.2) is 51.3 Å². The van der Waals surface area contributed by atoms with E-state index in [0.717, 1.165) is 24.0 Å². The van der Waals surface area contributed by atoms with Gasteiger partial charge in [-0.25, -0.2) is 0 Å². The van der Waals surface area contributed by atoms with E-state index >= 15 is 0 Å². The van der Waals surface area contributed by atoms with Crippen LogP contribution in [0.5, 0.6) is 11.5 Å². The van der Waals surface area contributed by atoms with Crippen molar-refractivity contribution < 1.29 is 39.1 Å². The number of benzene rings is 2. The van der Waals surface area contributed by atoms with Crippen LogP contribution in [0.1, 0.15) is 56.9 Å². The minimum absolute atomic E-state index is 0.00845. The average Bonchev–Trinajstić information content (AvgIpc) is 3.50. The monoisotopic (exact) mass is 586 g/mol. The smallest absolute Gasteiger partial charge is 0.193 e. The van der Waals surface area contributed by atoms with Crippen molar-refractivity contribution in [2.75, 3.05) is 6.61 Å². The van der Waals surface area contributed by atoms with Crippen LogP contribution in [0.15, 0.2) is 72.3 Å². The second kappa shape index (κ2) is 10.2. The van der Waals surface area contributed by atoms with Gasteiger partial charge in [0.25, 0.3) is 0 Å². The zero-order valence-corrected chi connectivity index (χ0v) is 24.4. The molecular weight excluding hydrogens is 548 g/mol. The molecule has 9 atom stereocenters. The Bertz CT molecular complexity index is 1510. The molecule has 0 unspecified atom stereocenters. The summed E-state index contributed by atoms with van der Waals surface area (Å²) in [4.78, 5) is 25.9. The Kier molecular flexibility index (Phi) is 6.80. The summed E-state index contributed by atoms with van der Waals surface area (Å²) in [5.74, 6) is 0.795. The number of hydrogen-bond donors (Lipinski definition) is 3. The highest BCUT2D eigenvalue weighted by Crippen LogP contribution is 2.70. The number of carbonyl (C=O) groups is 2. The Morgan fingerprint density at radius 1 is 1.09 bits per heavy atom. The number of carbonyl (C=O) groups excluding carboxylic acids is 2. The number of allylic oxidation sites excluding steroid dienone is 4. The lowest BCUT2D eigenvalue weighted by Crippen LogP contribution is -2.63. The van der Waals surface area contributed by atoms with Gasteiger partial charge in [0, 0.05) is 22.3 Å².